The van der Waals surface area contributed by atoms with E-state index >= 15 is 0 Å². The minimum Gasteiger partial charge on any atom is -0.454 e. The summed E-state index contributed by atoms with van der Waals surface area (Å²) in [6.07, 6.45) is 3.20. The van der Waals surface area contributed by atoms with Gasteiger partial charge in [-0.3, -0.25) is 15.0 Å². The van der Waals surface area contributed by atoms with Crippen molar-refractivity contribution in [2.45, 2.75) is 18.3 Å². The Morgan fingerprint density at radius 2 is 1.81 bits per heavy atom. The zero-order valence-electron chi connectivity index (χ0n) is 16.6. The highest BCUT2D eigenvalue weighted by molar-refractivity contribution is 6.01. The van der Waals surface area contributed by atoms with Gasteiger partial charge in [-0.05, 0) is 60.4 Å². The van der Waals surface area contributed by atoms with Gasteiger partial charge in [0.15, 0.2) is 11.5 Å². The van der Waals surface area contributed by atoms with E-state index in [1.54, 1.807) is 30.5 Å². The summed E-state index contributed by atoms with van der Waals surface area (Å²) in [5, 5.41) is 2.93. The lowest BCUT2D eigenvalue weighted by atomic mass is 9.94. The number of nitrogen functional groups attached to an aromatic ring is 1. The van der Waals surface area contributed by atoms with Crippen LogP contribution in [0.2, 0.25) is 0 Å². The molecule has 8 heteroatoms. The fraction of sp³-hybridized carbons (Fsp3) is 0.174. The van der Waals surface area contributed by atoms with Crippen LogP contribution >= 0.6 is 0 Å². The first-order chi connectivity index (χ1) is 15.1. The quantitative estimate of drug-likeness (QED) is 0.335. The summed E-state index contributed by atoms with van der Waals surface area (Å²) in [4.78, 5) is 29.1. The van der Waals surface area contributed by atoms with E-state index in [1.807, 2.05) is 30.3 Å². The molecule has 2 aliphatic rings. The summed E-state index contributed by atoms with van der Waals surface area (Å²) in [6.45, 7) is 0.202. The van der Waals surface area contributed by atoms with Gasteiger partial charge in [0.05, 0.1) is 5.41 Å². The number of carbonyl (C=O) groups is 2. The SMILES string of the molecule is NNC(=O)c1cccc(-c2ccc(NC(=O)C3(c4ccc5c(c4)OCO5)CC3)nc2)c1. The molecule has 156 valence electrons. The standard InChI is InChI=1S/C23H20N4O4/c24-27-21(28)15-3-1-2-14(10-15)16-4-7-20(25-12-16)26-22(29)23(8-9-23)17-5-6-18-19(11-17)31-13-30-18/h1-7,10-12H,8-9,13,24H2,(H,27,28)(H,25,26,29). The number of nitrogens with one attached hydrogen (secondary N) is 2. The second-order valence-corrected chi connectivity index (χ2v) is 7.59. The third-order valence-electron chi connectivity index (χ3n) is 5.70. The molecule has 2 aromatic carbocycles. The highest BCUT2D eigenvalue weighted by atomic mass is 16.7. The minimum atomic E-state index is -0.564. The molecule has 2 amide bonds. The number of nitrogens with two attached hydrogens (primary N) is 1. The number of aromatic nitrogens is 1. The summed E-state index contributed by atoms with van der Waals surface area (Å²) in [7, 11) is 0. The van der Waals surface area contributed by atoms with Gasteiger partial charge < -0.3 is 14.8 Å². The fourth-order valence-corrected chi connectivity index (χ4v) is 3.76. The van der Waals surface area contributed by atoms with Gasteiger partial charge >= 0.3 is 0 Å². The van der Waals surface area contributed by atoms with Crippen molar-refractivity contribution >= 4 is 17.6 Å². The summed E-state index contributed by atoms with van der Waals surface area (Å²) >= 11 is 0. The first-order valence-electron chi connectivity index (χ1n) is 9.88. The maximum absolute atomic E-state index is 13.0. The Bertz CT molecular complexity index is 1170. The van der Waals surface area contributed by atoms with E-state index in [9.17, 15) is 9.59 Å². The Morgan fingerprint density at radius 1 is 0.968 bits per heavy atom. The van der Waals surface area contributed by atoms with Crippen molar-refractivity contribution in [3.63, 3.8) is 0 Å². The van der Waals surface area contributed by atoms with Crippen LogP contribution < -0.4 is 26.1 Å². The van der Waals surface area contributed by atoms with Gasteiger partial charge in [0.2, 0.25) is 12.7 Å². The first-order valence-corrected chi connectivity index (χ1v) is 9.88. The van der Waals surface area contributed by atoms with Crippen LogP contribution in [0.15, 0.2) is 60.8 Å². The predicted molar refractivity (Wildman–Crippen MR) is 113 cm³/mol. The van der Waals surface area contributed by atoms with Gasteiger partial charge in [0, 0.05) is 17.3 Å². The maximum atomic E-state index is 13.0. The number of rotatable bonds is 5. The number of hydrogen-bond acceptors (Lipinski definition) is 6. The van der Waals surface area contributed by atoms with Gasteiger partial charge in [0.25, 0.3) is 5.91 Å². The highest BCUT2D eigenvalue weighted by Crippen LogP contribution is 2.51. The van der Waals surface area contributed by atoms with Crippen LogP contribution in [0.25, 0.3) is 11.1 Å². The molecule has 0 atom stereocenters. The maximum Gasteiger partial charge on any atom is 0.265 e. The lowest BCUT2D eigenvalue weighted by Gasteiger charge is -2.16. The number of amides is 2. The summed E-state index contributed by atoms with van der Waals surface area (Å²) in [5.74, 6) is 6.59. The molecule has 0 spiro atoms. The minimum absolute atomic E-state index is 0.0896. The average Bonchev–Trinajstić information content (AvgIpc) is 3.50. The lowest BCUT2D eigenvalue weighted by Crippen LogP contribution is -2.29. The van der Waals surface area contributed by atoms with Crippen LogP contribution in [0.5, 0.6) is 11.5 Å². The van der Waals surface area contributed by atoms with E-state index < -0.39 is 5.41 Å². The molecule has 0 radical (unpaired) electrons. The van der Waals surface area contributed by atoms with Gasteiger partial charge in [-0.15, -0.1) is 0 Å². The van der Waals surface area contributed by atoms with Crippen molar-refractivity contribution in [3.8, 4) is 22.6 Å². The zero-order chi connectivity index (χ0) is 21.4. The number of carbonyl (C=O) groups excluding carboxylic acids is 2. The van der Waals surface area contributed by atoms with Crippen molar-refractivity contribution < 1.29 is 19.1 Å². The molecule has 2 heterocycles. The smallest absolute Gasteiger partial charge is 0.265 e. The molecule has 3 aromatic rings. The number of fused-ring (bicyclic) bond motifs is 1. The van der Waals surface area contributed by atoms with Crippen molar-refractivity contribution in [2.24, 2.45) is 5.84 Å². The molecule has 8 nitrogen and oxygen atoms in total. The van der Waals surface area contributed by atoms with Crippen LogP contribution in [0.4, 0.5) is 5.82 Å². The van der Waals surface area contributed by atoms with Crippen molar-refractivity contribution in [1.29, 1.82) is 0 Å². The fourth-order valence-electron chi connectivity index (χ4n) is 3.76. The molecule has 5 rings (SSSR count). The zero-order valence-corrected chi connectivity index (χ0v) is 16.6. The molecule has 1 saturated carbocycles. The topological polar surface area (TPSA) is 116 Å². The second kappa shape index (κ2) is 7.41. The number of benzene rings is 2. The van der Waals surface area contributed by atoms with Gasteiger partial charge in [-0.1, -0.05) is 18.2 Å². The predicted octanol–water partition coefficient (Wildman–Crippen LogP) is 2.75. The van der Waals surface area contributed by atoms with Crippen LogP contribution in [-0.2, 0) is 10.2 Å². The molecular formula is C23H20N4O4. The monoisotopic (exact) mass is 416 g/mol. The molecule has 1 aliphatic heterocycles. The molecule has 1 aliphatic carbocycles. The molecule has 1 aromatic heterocycles. The second-order valence-electron chi connectivity index (χ2n) is 7.59. The van der Waals surface area contributed by atoms with Crippen LogP contribution in [0.1, 0.15) is 28.8 Å². The van der Waals surface area contributed by atoms with Crippen molar-refractivity contribution in [2.75, 3.05) is 12.1 Å². The first kappa shape index (κ1) is 19.1. The van der Waals surface area contributed by atoms with E-state index in [-0.39, 0.29) is 18.6 Å². The summed E-state index contributed by atoms with van der Waals surface area (Å²) < 4.78 is 10.8. The Morgan fingerprint density at radius 3 is 2.55 bits per heavy atom. The van der Waals surface area contributed by atoms with Crippen molar-refractivity contribution in [3.05, 3.63) is 71.9 Å². The van der Waals surface area contributed by atoms with E-state index in [0.717, 1.165) is 29.5 Å². The number of nitrogens with zero attached hydrogens (tertiary/aromatic N) is 1. The Kier molecular flexibility index (Phi) is 4.56. The molecule has 1 fully saturated rings. The Balaban J connectivity index is 1.32. The molecule has 31 heavy (non-hydrogen) atoms. The largest absolute Gasteiger partial charge is 0.454 e. The Labute approximate surface area is 178 Å². The van der Waals surface area contributed by atoms with E-state index in [4.69, 9.17) is 15.3 Å². The van der Waals surface area contributed by atoms with E-state index in [0.29, 0.717) is 22.9 Å². The normalized spacial score (nSPS) is 15.3. The van der Waals surface area contributed by atoms with Crippen LogP contribution in [0, 0.1) is 0 Å². The van der Waals surface area contributed by atoms with E-state index in [1.165, 1.54) is 0 Å². The number of pyridine rings is 1. The molecule has 4 N–H and O–H groups in total. The van der Waals surface area contributed by atoms with Crippen LogP contribution in [0.3, 0.4) is 0 Å². The summed E-state index contributed by atoms with van der Waals surface area (Å²) in [5.41, 5.74) is 4.57. The van der Waals surface area contributed by atoms with Crippen LogP contribution in [-0.4, -0.2) is 23.6 Å². The lowest BCUT2D eigenvalue weighted by molar-refractivity contribution is -0.118. The summed E-state index contributed by atoms with van der Waals surface area (Å²) in [6, 6.07) is 16.3. The number of ether oxygens (including phenoxy) is 2. The molecule has 0 bridgehead atoms. The molecule has 0 saturated heterocycles. The number of anilines is 1. The van der Waals surface area contributed by atoms with E-state index in [2.05, 4.69) is 15.7 Å². The van der Waals surface area contributed by atoms with Gasteiger partial charge in [-0.2, -0.15) is 0 Å². The van der Waals surface area contributed by atoms with Gasteiger partial charge in [0.1, 0.15) is 5.82 Å². The Hall–Kier alpha value is -3.91. The highest BCUT2D eigenvalue weighted by Gasteiger charge is 2.51. The third-order valence-corrected chi connectivity index (χ3v) is 5.70. The molecular weight excluding hydrogens is 396 g/mol. The number of hydrogen-bond donors (Lipinski definition) is 3. The van der Waals surface area contributed by atoms with Crippen molar-refractivity contribution in [1.82, 2.24) is 10.4 Å². The third kappa shape index (κ3) is 3.47. The molecule has 0 unspecified atom stereocenters. The average molecular weight is 416 g/mol. The number of hydrazine groups is 1. The van der Waals surface area contributed by atoms with Gasteiger partial charge in [-0.25, -0.2) is 10.8 Å².